The van der Waals surface area contributed by atoms with Gasteiger partial charge in [0.2, 0.25) is 4.96 Å². The molecule has 0 amide bonds. The zero-order valence-corrected chi connectivity index (χ0v) is 14.4. The van der Waals surface area contributed by atoms with E-state index in [4.69, 9.17) is 4.42 Å². The molecule has 23 heavy (non-hydrogen) atoms. The minimum absolute atomic E-state index is 0.185. The quantitative estimate of drug-likeness (QED) is 0.530. The fraction of sp³-hybridized carbons (Fsp3) is 0.0625. The van der Waals surface area contributed by atoms with Crippen molar-refractivity contribution in [1.82, 2.24) is 14.6 Å². The number of benzene rings is 1. The van der Waals surface area contributed by atoms with Gasteiger partial charge in [-0.3, -0.25) is 4.79 Å². The van der Waals surface area contributed by atoms with Gasteiger partial charge in [0.1, 0.15) is 16.1 Å². The Bertz CT molecular complexity index is 1110. The van der Waals surface area contributed by atoms with E-state index in [1.807, 2.05) is 43.3 Å². The first-order chi connectivity index (χ1) is 11.1. The fourth-order valence-corrected chi connectivity index (χ4v) is 3.37. The number of hydrogen-bond acceptors (Lipinski definition) is 5. The molecular weight excluding hydrogens is 378 g/mol. The van der Waals surface area contributed by atoms with Crippen LogP contribution in [0.4, 0.5) is 0 Å². The lowest BCUT2D eigenvalue weighted by Crippen LogP contribution is -2.23. The highest BCUT2D eigenvalue weighted by Gasteiger charge is 2.12. The summed E-state index contributed by atoms with van der Waals surface area (Å²) in [6.07, 6.45) is 1.72. The van der Waals surface area contributed by atoms with E-state index in [1.165, 1.54) is 15.9 Å². The molecule has 5 nitrogen and oxygen atoms in total. The summed E-state index contributed by atoms with van der Waals surface area (Å²) in [5.74, 6) is 2.00. The first-order valence-electron chi connectivity index (χ1n) is 6.84. The highest BCUT2D eigenvalue weighted by Crippen LogP contribution is 2.19. The zero-order valence-electron chi connectivity index (χ0n) is 12.0. The Balaban J connectivity index is 1.82. The normalized spacial score (nSPS) is 12.3. The number of thiazole rings is 1. The zero-order chi connectivity index (χ0) is 16.0. The van der Waals surface area contributed by atoms with Gasteiger partial charge in [0.25, 0.3) is 5.56 Å². The molecule has 0 spiro atoms. The van der Waals surface area contributed by atoms with Crippen LogP contribution in [0.15, 0.2) is 50.1 Å². The van der Waals surface area contributed by atoms with Crippen LogP contribution in [0.3, 0.4) is 0 Å². The van der Waals surface area contributed by atoms with Gasteiger partial charge in [-0.2, -0.15) is 9.50 Å². The molecule has 3 heterocycles. The molecule has 114 valence electrons. The summed E-state index contributed by atoms with van der Waals surface area (Å²) < 4.78 is 8.35. The predicted octanol–water partition coefficient (Wildman–Crippen LogP) is 3.03. The number of furan rings is 1. The largest absolute Gasteiger partial charge is 0.462 e. The first kappa shape index (κ1) is 14.3. The lowest BCUT2D eigenvalue weighted by Gasteiger charge is -1.94. The van der Waals surface area contributed by atoms with Gasteiger partial charge in [0, 0.05) is 16.1 Å². The van der Waals surface area contributed by atoms with Crippen LogP contribution in [0.25, 0.3) is 22.4 Å². The van der Waals surface area contributed by atoms with E-state index in [-0.39, 0.29) is 5.56 Å². The number of aromatic nitrogens is 3. The standard InChI is InChI=1S/C16H10BrN3O2S/c1-9-2-7-12(22-9)8-13-15(21)20-16(23-13)18-14(19-20)10-3-5-11(17)6-4-10/h2-8H,1H3/b13-8+. The van der Waals surface area contributed by atoms with Gasteiger partial charge in [-0.1, -0.05) is 39.4 Å². The minimum Gasteiger partial charge on any atom is -0.462 e. The van der Waals surface area contributed by atoms with Crippen LogP contribution in [0.2, 0.25) is 0 Å². The van der Waals surface area contributed by atoms with E-state index in [2.05, 4.69) is 26.0 Å². The minimum atomic E-state index is -0.185. The Labute approximate surface area is 143 Å². The SMILES string of the molecule is Cc1ccc(/C=c2/sc3nc(-c4ccc(Br)cc4)nn3c2=O)o1. The summed E-state index contributed by atoms with van der Waals surface area (Å²) in [5, 5.41) is 4.32. The molecule has 1 aromatic carbocycles. The van der Waals surface area contributed by atoms with Crippen molar-refractivity contribution in [1.29, 1.82) is 0 Å². The molecule has 0 unspecified atom stereocenters. The topological polar surface area (TPSA) is 60.4 Å². The second-order valence-corrected chi connectivity index (χ2v) is 6.93. The fourth-order valence-electron chi connectivity index (χ4n) is 2.22. The summed E-state index contributed by atoms with van der Waals surface area (Å²) in [5.41, 5.74) is 0.686. The maximum Gasteiger partial charge on any atom is 0.291 e. The van der Waals surface area contributed by atoms with Gasteiger partial charge in [0.05, 0.1) is 0 Å². The molecule has 4 aromatic rings. The van der Waals surface area contributed by atoms with Gasteiger partial charge in [-0.15, -0.1) is 5.10 Å². The van der Waals surface area contributed by atoms with E-state index in [0.717, 1.165) is 15.8 Å². The lowest BCUT2D eigenvalue weighted by atomic mass is 10.2. The average Bonchev–Trinajstić information content (AvgIpc) is 3.19. The van der Waals surface area contributed by atoms with Crippen molar-refractivity contribution >= 4 is 38.3 Å². The number of nitrogens with zero attached hydrogens (tertiary/aromatic N) is 3. The number of hydrogen-bond donors (Lipinski definition) is 0. The Hall–Kier alpha value is -2.25. The molecule has 7 heteroatoms. The van der Waals surface area contributed by atoms with Crippen molar-refractivity contribution in [3.63, 3.8) is 0 Å². The van der Waals surface area contributed by atoms with Crippen molar-refractivity contribution in [2.24, 2.45) is 0 Å². The third kappa shape index (κ3) is 2.62. The predicted molar refractivity (Wildman–Crippen MR) is 92.5 cm³/mol. The second kappa shape index (κ2) is 5.43. The van der Waals surface area contributed by atoms with Crippen molar-refractivity contribution in [3.8, 4) is 11.4 Å². The smallest absolute Gasteiger partial charge is 0.291 e. The molecule has 0 saturated carbocycles. The van der Waals surface area contributed by atoms with Crippen LogP contribution in [-0.2, 0) is 0 Å². The number of halogens is 1. The summed E-state index contributed by atoms with van der Waals surface area (Å²) in [7, 11) is 0. The Morgan fingerprint density at radius 2 is 2.00 bits per heavy atom. The summed E-state index contributed by atoms with van der Waals surface area (Å²) >= 11 is 4.69. The van der Waals surface area contributed by atoms with Gasteiger partial charge in [-0.25, -0.2) is 0 Å². The summed E-state index contributed by atoms with van der Waals surface area (Å²) in [4.78, 5) is 17.4. The van der Waals surface area contributed by atoms with E-state index >= 15 is 0 Å². The van der Waals surface area contributed by atoms with E-state index < -0.39 is 0 Å². The molecule has 0 N–H and O–H groups in total. The molecule has 0 aliphatic rings. The number of aryl methyl sites for hydroxylation is 1. The summed E-state index contributed by atoms with van der Waals surface area (Å²) in [6.45, 7) is 1.86. The van der Waals surface area contributed by atoms with Crippen LogP contribution in [0.5, 0.6) is 0 Å². The lowest BCUT2D eigenvalue weighted by molar-refractivity contribution is 0.525. The molecule has 4 rings (SSSR count). The van der Waals surface area contributed by atoms with Crippen LogP contribution in [0, 0.1) is 6.92 Å². The van der Waals surface area contributed by atoms with Gasteiger partial charge >= 0.3 is 0 Å². The Morgan fingerprint density at radius 3 is 2.65 bits per heavy atom. The molecule has 0 aliphatic heterocycles. The molecule has 0 aliphatic carbocycles. The van der Waals surface area contributed by atoms with Gasteiger partial charge in [0.15, 0.2) is 5.82 Å². The van der Waals surface area contributed by atoms with Crippen LogP contribution < -0.4 is 10.1 Å². The highest BCUT2D eigenvalue weighted by molar-refractivity contribution is 9.10. The first-order valence-corrected chi connectivity index (χ1v) is 8.45. The van der Waals surface area contributed by atoms with E-state index in [0.29, 0.717) is 21.1 Å². The highest BCUT2D eigenvalue weighted by atomic mass is 79.9. The maximum atomic E-state index is 12.4. The molecule has 0 atom stereocenters. The van der Waals surface area contributed by atoms with E-state index in [9.17, 15) is 4.79 Å². The second-order valence-electron chi connectivity index (χ2n) is 5.00. The van der Waals surface area contributed by atoms with E-state index in [1.54, 1.807) is 6.08 Å². The maximum absolute atomic E-state index is 12.4. The number of fused-ring (bicyclic) bond motifs is 1. The molecule has 0 radical (unpaired) electrons. The van der Waals surface area contributed by atoms with Crippen LogP contribution in [0.1, 0.15) is 11.5 Å². The molecule has 0 bridgehead atoms. The molecule has 0 fully saturated rings. The van der Waals surface area contributed by atoms with Gasteiger partial charge in [-0.05, 0) is 31.2 Å². The van der Waals surface area contributed by atoms with Crippen molar-refractivity contribution < 1.29 is 4.42 Å². The molecule has 3 aromatic heterocycles. The summed E-state index contributed by atoms with van der Waals surface area (Å²) in [6, 6.07) is 11.3. The third-order valence-electron chi connectivity index (χ3n) is 3.32. The van der Waals surface area contributed by atoms with Crippen molar-refractivity contribution in [2.45, 2.75) is 6.92 Å². The molecular formula is C16H10BrN3O2S. The molecule has 0 saturated heterocycles. The van der Waals surface area contributed by atoms with Crippen molar-refractivity contribution in [2.75, 3.05) is 0 Å². The van der Waals surface area contributed by atoms with Gasteiger partial charge < -0.3 is 4.42 Å². The van der Waals surface area contributed by atoms with Crippen LogP contribution in [-0.4, -0.2) is 14.6 Å². The average molecular weight is 388 g/mol. The third-order valence-corrected chi connectivity index (χ3v) is 4.81. The number of rotatable bonds is 2. The van der Waals surface area contributed by atoms with Crippen LogP contribution >= 0.6 is 27.3 Å². The monoisotopic (exact) mass is 387 g/mol. The Morgan fingerprint density at radius 1 is 1.22 bits per heavy atom. The Kier molecular flexibility index (Phi) is 3.39. The van der Waals surface area contributed by atoms with Crippen molar-refractivity contribution in [3.05, 3.63) is 67.3 Å².